The van der Waals surface area contributed by atoms with Crippen LogP contribution in [0.1, 0.15) is 18.5 Å². The molecule has 4 heteroatoms. The zero-order valence-corrected chi connectivity index (χ0v) is 9.32. The maximum atomic E-state index is 12.7. The van der Waals surface area contributed by atoms with Gasteiger partial charge in [0.25, 0.3) is 0 Å². The normalized spacial score (nSPS) is 12.2. The molecule has 2 nitrogen and oxygen atoms in total. The van der Waals surface area contributed by atoms with Gasteiger partial charge in [-0.2, -0.15) is 4.39 Å². The molecule has 0 saturated heterocycles. The van der Waals surface area contributed by atoms with Gasteiger partial charge in [-0.1, -0.05) is 12.1 Å². The third-order valence-electron chi connectivity index (χ3n) is 2.48. The van der Waals surface area contributed by atoms with E-state index < -0.39 is 5.95 Å². The van der Waals surface area contributed by atoms with E-state index in [2.05, 4.69) is 10.3 Å². The first kappa shape index (κ1) is 11.5. The largest absolute Gasteiger partial charge is 0.377 e. The van der Waals surface area contributed by atoms with Gasteiger partial charge in [0, 0.05) is 6.04 Å². The summed E-state index contributed by atoms with van der Waals surface area (Å²) in [5.41, 5.74) is 1.68. The van der Waals surface area contributed by atoms with Crippen molar-refractivity contribution in [2.24, 2.45) is 0 Å². The van der Waals surface area contributed by atoms with Gasteiger partial charge >= 0.3 is 0 Å². The molecule has 1 N–H and O–H groups in total. The Kier molecular flexibility index (Phi) is 3.32. The van der Waals surface area contributed by atoms with Crippen LogP contribution < -0.4 is 5.32 Å². The summed E-state index contributed by atoms with van der Waals surface area (Å²) in [6.45, 7) is 1.94. The van der Waals surface area contributed by atoms with Crippen LogP contribution in [0.4, 0.5) is 14.5 Å². The van der Waals surface area contributed by atoms with E-state index >= 15 is 0 Å². The Morgan fingerprint density at radius 2 is 1.76 bits per heavy atom. The quantitative estimate of drug-likeness (QED) is 0.822. The van der Waals surface area contributed by atoms with Gasteiger partial charge in [0.1, 0.15) is 5.82 Å². The molecule has 0 aliphatic carbocycles. The van der Waals surface area contributed by atoms with Crippen molar-refractivity contribution in [3.8, 4) is 0 Å². The van der Waals surface area contributed by atoms with Crippen LogP contribution in [0.5, 0.6) is 0 Å². The predicted molar refractivity (Wildman–Crippen MR) is 62.6 cm³/mol. The number of nitrogens with one attached hydrogen (secondary N) is 1. The van der Waals surface area contributed by atoms with Gasteiger partial charge in [-0.3, -0.25) is 0 Å². The molecule has 88 valence electrons. The van der Waals surface area contributed by atoms with Gasteiger partial charge in [-0.25, -0.2) is 9.37 Å². The minimum absolute atomic E-state index is 0.00265. The molecule has 2 aromatic rings. The number of benzene rings is 1. The van der Waals surface area contributed by atoms with Crippen LogP contribution >= 0.6 is 0 Å². The van der Waals surface area contributed by atoms with Crippen molar-refractivity contribution in [2.75, 3.05) is 5.32 Å². The number of rotatable bonds is 3. The summed E-state index contributed by atoms with van der Waals surface area (Å²) in [6.07, 6.45) is 1.43. The smallest absolute Gasteiger partial charge is 0.212 e. The Morgan fingerprint density at radius 3 is 2.35 bits per heavy atom. The van der Waals surface area contributed by atoms with Gasteiger partial charge in [0.15, 0.2) is 0 Å². The summed E-state index contributed by atoms with van der Waals surface area (Å²) in [5.74, 6) is -0.769. The lowest BCUT2D eigenvalue weighted by molar-refractivity contribution is 0.584. The molecule has 1 heterocycles. The summed E-state index contributed by atoms with van der Waals surface area (Å²) in [6, 6.07) is 9.16. The van der Waals surface area contributed by atoms with Crippen molar-refractivity contribution in [1.82, 2.24) is 4.98 Å². The third kappa shape index (κ3) is 3.00. The summed E-state index contributed by atoms with van der Waals surface area (Å²) in [5, 5.41) is 3.15. The van der Waals surface area contributed by atoms with E-state index in [0.717, 1.165) is 11.3 Å². The molecule has 0 bridgehead atoms. The highest BCUT2D eigenvalue weighted by Gasteiger charge is 2.05. The highest BCUT2D eigenvalue weighted by molar-refractivity contribution is 5.42. The SMILES string of the molecule is CC(Nc1ccc(F)nc1)c1ccc(F)cc1. The zero-order valence-electron chi connectivity index (χ0n) is 9.32. The first-order chi connectivity index (χ1) is 8.15. The number of hydrogen-bond donors (Lipinski definition) is 1. The van der Waals surface area contributed by atoms with Crippen LogP contribution in [0, 0.1) is 11.8 Å². The Bertz CT molecular complexity index is 480. The molecule has 2 rings (SSSR count). The summed E-state index contributed by atoms with van der Waals surface area (Å²) < 4.78 is 25.4. The molecular weight excluding hydrogens is 222 g/mol. The minimum atomic E-state index is -0.509. The monoisotopic (exact) mass is 234 g/mol. The Labute approximate surface area is 98.3 Å². The Balaban J connectivity index is 2.08. The molecule has 1 atom stereocenters. The van der Waals surface area contributed by atoms with Gasteiger partial charge < -0.3 is 5.32 Å². The maximum absolute atomic E-state index is 12.7. The van der Waals surface area contributed by atoms with Crippen LogP contribution in [0.25, 0.3) is 0 Å². The number of aromatic nitrogens is 1. The molecule has 0 aliphatic rings. The molecule has 0 radical (unpaired) electrons. The summed E-state index contributed by atoms with van der Waals surface area (Å²) >= 11 is 0. The van der Waals surface area contributed by atoms with Gasteiger partial charge in [-0.15, -0.1) is 0 Å². The fourth-order valence-electron chi connectivity index (χ4n) is 1.55. The lowest BCUT2D eigenvalue weighted by atomic mass is 10.1. The molecule has 0 amide bonds. The van der Waals surface area contributed by atoms with E-state index in [9.17, 15) is 8.78 Å². The number of pyridine rings is 1. The maximum Gasteiger partial charge on any atom is 0.212 e. The first-order valence-corrected chi connectivity index (χ1v) is 5.29. The van der Waals surface area contributed by atoms with Crippen LogP contribution in [0.2, 0.25) is 0 Å². The number of halogens is 2. The van der Waals surface area contributed by atoms with Crippen molar-refractivity contribution >= 4 is 5.69 Å². The van der Waals surface area contributed by atoms with Crippen LogP contribution in [-0.2, 0) is 0 Å². The molecule has 0 aliphatic heterocycles. The van der Waals surface area contributed by atoms with Crippen molar-refractivity contribution in [3.05, 3.63) is 59.9 Å². The molecule has 0 spiro atoms. The average Bonchev–Trinajstić information content (AvgIpc) is 2.33. The molecule has 0 fully saturated rings. The molecule has 17 heavy (non-hydrogen) atoms. The van der Waals surface area contributed by atoms with Crippen molar-refractivity contribution < 1.29 is 8.78 Å². The van der Waals surface area contributed by atoms with Crippen molar-refractivity contribution in [1.29, 1.82) is 0 Å². The molecule has 1 aromatic carbocycles. The Hall–Kier alpha value is -1.97. The summed E-state index contributed by atoms with van der Waals surface area (Å²) in [4.78, 5) is 3.55. The van der Waals surface area contributed by atoms with Gasteiger partial charge in [0.05, 0.1) is 11.9 Å². The van der Waals surface area contributed by atoms with E-state index in [1.807, 2.05) is 6.92 Å². The van der Waals surface area contributed by atoms with E-state index in [-0.39, 0.29) is 11.9 Å². The summed E-state index contributed by atoms with van der Waals surface area (Å²) in [7, 11) is 0. The van der Waals surface area contributed by atoms with Crippen molar-refractivity contribution in [2.45, 2.75) is 13.0 Å². The fourth-order valence-corrected chi connectivity index (χ4v) is 1.55. The number of anilines is 1. The molecule has 1 aromatic heterocycles. The van der Waals surface area contributed by atoms with Crippen LogP contribution in [0.3, 0.4) is 0 Å². The van der Waals surface area contributed by atoms with E-state index in [4.69, 9.17) is 0 Å². The van der Waals surface area contributed by atoms with Gasteiger partial charge in [0.2, 0.25) is 5.95 Å². The highest BCUT2D eigenvalue weighted by atomic mass is 19.1. The molecular formula is C13H12F2N2. The second kappa shape index (κ2) is 4.91. The standard InChI is InChI=1S/C13H12F2N2/c1-9(10-2-4-11(14)5-3-10)17-12-6-7-13(15)16-8-12/h2-9,17H,1H3. The molecule has 0 saturated carbocycles. The predicted octanol–water partition coefficient (Wildman–Crippen LogP) is 3.53. The fraction of sp³-hybridized carbons (Fsp3) is 0.154. The molecule has 1 unspecified atom stereocenters. The van der Waals surface area contributed by atoms with Gasteiger partial charge in [-0.05, 0) is 36.8 Å². The highest BCUT2D eigenvalue weighted by Crippen LogP contribution is 2.18. The van der Waals surface area contributed by atoms with Crippen molar-refractivity contribution in [3.63, 3.8) is 0 Å². The second-order valence-corrected chi connectivity index (χ2v) is 3.79. The van der Waals surface area contributed by atoms with E-state index in [1.165, 1.54) is 24.4 Å². The van der Waals surface area contributed by atoms with E-state index in [0.29, 0.717) is 0 Å². The Morgan fingerprint density at radius 1 is 1.06 bits per heavy atom. The number of hydrogen-bond acceptors (Lipinski definition) is 2. The number of nitrogens with zero attached hydrogens (tertiary/aromatic N) is 1. The lowest BCUT2D eigenvalue weighted by Gasteiger charge is -2.15. The average molecular weight is 234 g/mol. The van der Waals surface area contributed by atoms with Crippen LogP contribution in [-0.4, -0.2) is 4.98 Å². The van der Waals surface area contributed by atoms with Crippen LogP contribution in [0.15, 0.2) is 42.6 Å². The minimum Gasteiger partial charge on any atom is -0.377 e. The zero-order chi connectivity index (χ0) is 12.3. The topological polar surface area (TPSA) is 24.9 Å². The third-order valence-corrected chi connectivity index (χ3v) is 2.48. The first-order valence-electron chi connectivity index (χ1n) is 5.29. The lowest BCUT2D eigenvalue weighted by Crippen LogP contribution is -2.06. The second-order valence-electron chi connectivity index (χ2n) is 3.79. The van der Waals surface area contributed by atoms with E-state index in [1.54, 1.807) is 18.2 Å².